The molecule has 0 aliphatic heterocycles. The molecule has 114 valence electrons. The van der Waals surface area contributed by atoms with Crippen LogP contribution in [-0.2, 0) is 10.0 Å². The summed E-state index contributed by atoms with van der Waals surface area (Å²) >= 11 is 6.02. The highest BCUT2D eigenvalue weighted by Crippen LogP contribution is 2.28. The summed E-state index contributed by atoms with van der Waals surface area (Å²) in [5.74, 6) is 1.25. The van der Waals surface area contributed by atoms with Crippen LogP contribution >= 0.6 is 11.6 Å². The molecule has 0 fully saturated rings. The molecule has 1 unspecified atom stereocenters. The highest BCUT2D eigenvalue weighted by molar-refractivity contribution is 7.89. The molecule has 5 nitrogen and oxygen atoms in total. The first-order valence-electron chi connectivity index (χ1n) is 6.35. The third-order valence-electron chi connectivity index (χ3n) is 3.13. The fraction of sp³-hybridized carbons (Fsp3) is 0.286. The molecule has 1 heterocycles. The quantitative estimate of drug-likeness (QED) is 0.844. The van der Waals surface area contributed by atoms with Crippen LogP contribution in [-0.4, -0.2) is 8.42 Å². The fourth-order valence-electron chi connectivity index (χ4n) is 1.91. The maximum Gasteiger partial charge on any atom is 0.242 e. The number of aryl methyl sites for hydroxylation is 2. The first-order chi connectivity index (χ1) is 9.70. The minimum absolute atomic E-state index is 0.0394. The Labute approximate surface area is 129 Å². The molecule has 0 bridgehead atoms. The lowest BCUT2D eigenvalue weighted by molar-refractivity contribution is 0.441. The van der Waals surface area contributed by atoms with Gasteiger partial charge in [-0.3, -0.25) is 0 Å². The summed E-state index contributed by atoms with van der Waals surface area (Å²) in [6.07, 6.45) is 0. The number of hydrogen-bond donors (Lipinski definition) is 2. The number of benzene rings is 1. The van der Waals surface area contributed by atoms with E-state index in [1.54, 1.807) is 32.9 Å². The van der Waals surface area contributed by atoms with Crippen molar-refractivity contribution in [1.29, 1.82) is 0 Å². The van der Waals surface area contributed by atoms with Crippen molar-refractivity contribution in [2.24, 2.45) is 0 Å². The summed E-state index contributed by atoms with van der Waals surface area (Å²) in [5.41, 5.74) is 6.87. The zero-order valence-corrected chi connectivity index (χ0v) is 13.5. The Morgan fingerprint density at radius 1 is 1.29 bits per heavy atom. The van der Waals surface area contributed by atoms with Crippen molar-refractivity contribution in [3.05, 3.63) is 46.4 Å². The van der Waals surface area contributed by atoms with E-state index in [-0.39, 0.29) is 9.92 Å². The van der Waals surface area contributed by atoms with Gasteiger partial charge >= 0.3 is 0 Å². The molecule has 1 aromatic heterocycles. The molecule has 1 atom stereocenters. The minimum atomic E-state index is -3.79. The van der Waals surface area contributed by atoms with Crippen molar-refractivity contribution in [3.8, 4) is 0 Å². The van der Waals surface area contributed by atoms with Crippen LogP contribution in [0.1, 0.15) is 30.0 Å². The fourth-order valence-corrected chi connectivity index (χ4v) is 3.74. The standard InChI is InChI=1S/C14H17ClN2O3S/c1-8-6-11(15)14(7-12(8)16)21(18,19)17-10(3)13-5-4-9(2)20-13/h4-7,10,17H,16H2,1-3H3. The highest BCUT2D eigenvalue weighted by Gasteiger charge is 2.23. The average molecular weight is 329 g/mol. The Hall–Kier alpha value is -1.50. The summed E-state index contributed by atoms with van der Waals surface area (Å²) in [4.78, 5) is -0.0394. The number of hydrogen-bond acceptors (Lipinski definition) is 4. The van der Waals surface area contributed by atoms with Crippen LogP contribution in [0, 0.1) is 13.8 Å². The van der Waals surface area contributed by atoms with Crippen LogP contribution in [0.15, 0.2) is 33.6 Å². The van der Waals surface area contributed by atoms with Crippen LogP contribution in [0.2, 0.25) is 5.02 Å². The van der Waals surface area contributed by atoms with Gasteiger partial charge in [-0.25, -0.2) is 13.1 Å². The zero-order valence-electron chi connectivity index (χ0n) is 12.0. The second-order valence-corrected chi connectivity index (χ2v) is 7.02. The molecular weight excluding hydrogens is 312 g/mol. The van der Waals surface area contributed by atoms with Gasteiger partial charge in [0.1, 0.15) is 16.4 Å². The van der Waals surface area contributed by atoms with E-state index in [4.69, 9.17) is 21.8 Å². The number of sulfonamides is 1. The predicted molar refractivity (Wildman–Crippen MR) is 82.8 cm³/mol. The lowest BCUT2D eigenvalue weighted by atomic mass is 10.2. The van der Waals surface area contributed by atoms with Crippen molar-refractivity contribution >= 4 is 27.3 Å². The normalized spacial score (nSPS) is 13.3. The van der Waals surface area contributed by atoms with Gasteiger partial charge in [-0.2, -0.15) is 0 Å². The lowest BCUT2D eigenvalue weighted by Gasteiger charge is -2.14. The van der Waals surface area contributed by atoms with Gasteiger partial charge in [0.05, 0.1) is 11.1 Å². The molecule has 0 aliphatic rings. The Kier molecular flexibility index (Phi) is 4.32. The van der Waals surface area contributed by atoms with Crippen LogP contribution in [0.3, 0.4) is 0 Å². The largest absolute Gasteiger partial charge is 0.465 e. The Morgan fingerprint density at radius 2 is 1.95 bits per heavy atom. The second kappa shape index (κ2) is 5.71. The SMILES string of the molecule is Cc1ccc(C(C)NS(=O)(=O)c2cc(N)c(C)cc2Cl)o1. The van der Waals surface area contributed by atoms with E-state index in [1.165, 1.54) is 12.1 Å². The van der Waals surface area contributed by atoms with Crippen LogP contribution < -0.4 is 10.5 Å². The van der Waals surface area contributed by atoms with Gasteiger partial charge in [-0.15, -0.1) is 0 Å². The van der Waals surface area contributed by atoms with E-state index in [0.29, 0.717) is 17.2 Å². The first-order valence-corrected chi connectivity index (χ1v) is 8.21. The van der Waals surface area contributed by atoms with E-state index >= 15 is 0 Å². The summed E-state index contributed by atoms with van der Waals surface area (Å²) in [5, 5.41) is 0.136. The van der Waals surface area contributed by atoms with Crippen molar-refractivity contribution in [2.75, 3.05) is 5.73 Å². The van der Waals surface area contributed by atoms with E-state index in [9.17, 15) is 8.42 Å². The number of halogens is 1. The van der Waals surface area contributed by atoms with E-state index in [0.717, 1.165) is 5.56 Å². The third kappa shape index (κ3) is 3.40. The maximum absolute atomic E-state index is 12.4. The van der Waals surface area contributed by atoms with Crippen LogP contribution in [0.4, 0.5) is 5.69 Å². The molecule has 0 saturated heterocycles. The van der Waals surface area contributed by atoms with Crippen molar-refractivity contribution in [3.63, 3.8) is 0 Å². The van der Waals surface area contributed by atoms with Gasteiger partial charge in [0.25, 0.3) is 0 Å². The highest BCUT2D eigenvalue weighted by atomic mass is 35.5. The Morgan fingerprint density at radius 3 is 2.52 bits per heavy atom. The van der Waals surface area contributed by atoms with Gasteiger partial charge in [0.2, 0.25) is 10.0 Å². The van der Waals surface area contributed by atoms with Crippen molar-refractivity contribution in [2.45, 2.75) is 31.7 Å². The topological polar surface area (TPSA) is 85.3 Å². The van der Waals surface area contributed by atoms with Gasteiger partial charge < -0.3 is 10.2 Å². The number of rotatable bonds is 4. The second-order valence-electron chi connectivity index (χ2n) is 4.93. The van der Waals surface area contributed by atoms with Crippen LogP contribution in [0.25, 0.3) is 0 Å². The summed E-state index contributed by atoms with van der Waals surface area (Å²) < 4.78 is 32.8. The third-order valence-corrected chi connectivity index (χ3v) is 5.14. The molecular formula is C14H17ClN2O3S. The summed E-state index contributed by atoms with van der Waals surface area (Å²) in [6.45, 7) is 5.25. The first kappa shape index (κ1) is 15.9. The molecule has 7 heteroatoms. The molecule has 0 radical (unpaired) electrons. The Bertz CT molecular complexity index is 769. The van der Waals surface area contributed by atoms with Gasteiger partial charge in [-0.05, 0) is 50.6 Å². The molecule has 0 spiro atoms. The summed E-state index contributed by atoms with van der Waals surface area (Å²) in [6, 6.07) is 5.89. The number of nitrogen functional groups attached to an aromatic ring is 1. The molecule has 2 aromatic rings. The van der Waals surface area contributed by atoms with Crippen molar-refractivity contribution in [1.82, 2.24) is 4.72 Å². The molecule has 21 heavy (non-hydrogen) atoms. The average Bonchev–Trinajstić information content (AvgIpc) is 2.80. The number of furan rings is 1. The van der Waals surface area contributed by atoms with Gasteiger partial charge in [-0.1, -0.05) is 11.6 Å². The van der Waals surface area contributed by atoms with Crippen LogP contribution in [0.5, 0.6) is 0 Å². The zero-order chi connectivity index (χ0) is 15.8. The molecule has 3 N–H and O–H groups in total. The minimum Gasteiger partial charge on any atom is -0.465 e. The predicted octanol–water partition coefficient (Wildman–Crippen LogP) is 3.17. The molecule has 0 aliphatic carbocycles. The van der Waals surface area contributed by atoms with E-state index in [1.807, 2.05) is 0 Å². The molecule has 1 aromatic carbocycles. The number of anilines is 1. The number of nitrogens with two attached hydrogens (primary N) is 1. The van der Waals surface area contributed by atoms with E-state index < -0.39 is 16.1 Å². The molecule has 2 rings (SSSR count). The number of nitrogens with one attached hydrogen (secondary N) is 1. The van der Waals surface area contributed by atoms with Gasteiger partial charge in [0, 0.05) is 5.69 Å². The smallest absolute Gasteiger partial charge is 0.242 e. The Balaban J connectivity index is 2.32. The maximum atomic E-state index is 12.4. The molecule has 0 saturated carbocycles. The van der Waals surface area contributed by atoms with Crippen molar-refractivity contribution < 1.29 is 12.8 Å². The molecule has 0 amide bonds. The van der Waals surface area contributed by atoms with E-state index in [2.05, 4.69) is 4.72 Å². The monoisotopic (exact) mass is 328 g/mol. The lowest BCUT2D eigenvalue weighted by Crippen LogP contribution is -2.27. The van der Waals surface area contributed by atoms with Gasteiger partial charge in [0.15, 0.2) is 0 Å². The summed E-state index contributed by atoms with van der Waals surface area (Å²) in [7, 11) is -3.79.